The molecule has 4 nitrogen and oxygen atoms in total. The third-order valence-electron chi connectivity index (χ3n) is 3.66. The van der Waals surface area contributed by atoms with Gasteiger partial charge in [0.1, 0.15) is 0 Å². The van der Waals surface area contributed by atoms with E-state index in [-0.39, 0.29) is 5.91 Å². The zero-order valence-corrected chi connectivity index (χ0v) is 14.7. The number of aryl methyl sites for hydroxylation is 1. The van der Waals surface area contributed by atoms with E-state index in [1.165, 1.54) is 5.56 Å². The number of carbonyl (C=O) groups excluding carboxylic acids is 1. The summed E-state index contributed by atoms with van der Waals surface area (Å²) in [6.07, 6.45) is 4.73. The normalized spacial score (nSPS) is 10.5. The standard InChI is InChI=1S/C19H18BrN3O/c20-17-9-6-16(7-10-17)13-23-14-18(12-21-23)22-19(24)11-8-15-4-2-1-3-5-15/h1-7,9-10,12,14H,8,11,13H2,(H,22,24). The Morgan fingerprint density at radius 1 is 1.04 bits per heavy atom. The van der Waals surface area contributed by atoms with Gasteiger partial charge in [0, 0.05) is 17.1 Å². The molecule has 0 aliphatic rings. The average Bonchev–Trinajstić information content (AvgIpc) is 3.03. The first kappa shape index (κ1) is 16.5. The van der Waals surface area contributed by atoms with Crippen molar-refractivity contribution < 1.29 is 4.79 Å². The third kappa shape index (κ3) is 4.80. The van der Waals surface area contributed by atoms with E-state index in [2.05, 4.69) is 26.3 Å². The Morgan fingerprint density at radius 3 is 2.54 bits per heavy atom. The Labute approximate surface area is 149 Å². The summed E-state index contributed by atoms with van der Waals surface area (Å²) < 4.78 is 2.87. The van der Waals surface area contributed by atoms with Gasteiger partial charge >= 0.3 is 0 Å². The fourth-order valence-electron chi connectivity index (χ4n) is 2.42. The predicted octanol–water partition coefficient (Wildman–Crippen LogP) is 4.27. The second-order valence-corrected chi connectivity index (χ2v) is 6.50. The third-order valence-corrected chi connectivity index (χ3v) is 4.19. The van der Waals surface area contributed by atoms with Gasteiger partial charge in [0.25, 0.3) is 0 Å². The topological polar surface area (TPSA) is 46.9 Å². The second kappa shape index (κ2) is 7.93. The maximum atomic E-state index is 12.0. The van der Waals surface area contributed by atoms with Crippen LogP contribution in [0.5, 0.6) is 0 Å². The highest BCUT2D eigenvalue weighted by atomic mass is 79.9. The van der Waals surface area contributed by atoms with Crippen molar-refractivity contribution in [2.24, 2.45) is 0 Å². The molecule has 1 amide bonds. The van der Waals surface area contributed by atoms with Crippen LogP contribution >= 0.6 is 15.9 Å². The van der Waals surface area contributed by atoms with Crippen LogP contribution in [0.2, 0.25) is 0 Å². The molecule has 24 heavy (non-hydrogen) atoms. The van der Waals surface area contributed by atoms with Gasteiger partial charge in [-0.3, -0.25) is 9.48 Å². The van der Waals surface area contributed by atoms with Gasteiger partial charge in [-0.1, -0.05) is 58.4 Å². The summed E-state index contributed by atoms with van der Waals surface area (Å²) in [7, 11) is 0. The number of nitrogens with zero attached hydrogens (tertiary/aromatic N) is 2. The monoisotopic (exact) mass is 383 g/mol. The quantitative estimate of drug-likeness (QED) is 0.690. The molecular weight excluding hydrogens is 366 g/mol. The second-order valence-electron chi connectivity index (χ2n) is 5.59. The van der Waals surface area contributed by atoms with Gasteiger partial charge in [-0.05, 0) is 29.7 Å². The molecule has 0 fully saturated rings. The Hall–Kier alpha value is -2.40. The molecule has 1 aromatic heterocycles. The van der Waals surface area contributed by atoms with Crippen LogP contribution in [0.25, 0.3) is 0 Å². The number of carbonyl (C=O) groups is 1. The minimum atomic E-state index is 0.00189. The van der Waals surface area contributed by atoms with Gasteiger partial charge in [0.2, 0.25) is 5.91 Å². The van der Waals surface area contributed by atoms with E-state index >= 15 is 0 Å². The van der Waals surface area contributed by atoms with E-state index in [4.69, 9.17) is 0 Å². The lowest BCUT2D eigenvalue weighted by molar-refractivity contribution is -0.116. The van der Waals surface area contributed by atoms with E-state index in [1.54, 1.807) is 6.20 Å². The van der Waals surface area contributed by atoms with E-state index in [9.17, 15) is 4.79 Å². The maximum Gasteiger partial charge on any atom is 0.224 e. The van der Waals surface area contributed by atoms with E-state index in [0.29, 0.717) is 13.0 Å². The number of anilines is 1. The highest BCUT2D eigenvalue weighted by molar-refractivity contribution is 9.10. The fraction of sp³-hybridized carbons (Fsp3) is 0.158. The van der Waals surface area contributed by atoms with Gasteiger partial charge in [0.15, 0.2) is 0 Å². The molecule has 1 heterocycles. The molecule has 122 valence electrons. The first-order valence-corrected chi connectivity index (χ1v) is 8.59. The summed E-state index contributed by atoms with van der Waals surface area (Å²) in [4.78, 5) is 12.0. The molecule has 0 unspecified atom stereocenters. The average molecular weight is 384 g/mol. The lowest BCUT2D eigenvalue weighted by Gasteiger charge is -2.03. The van der Waals surface area contributed by atoms with Gasteiger partial charge in [0.05, 0.1) is 18.4 Å². The molecule has 0 spiro atoms. The van der Waals surface area contributed by atoms with Crippen molar-refractivity contribution in [2.75, 3.05) is 5.32 Å². The Kier molecular flexibility index (Phi) is 5.43. The van der Waals surface area contributed by atoms with Crippen molar-refractivity contribution in [3.8, 4) is 0 Å². The zero-order valence-electron chi connectivity index (χ0n) is 13.2. The predicted molar refractivity (Wildman–Crippen MR) is 98.9 cm³/mol. The SMILES string of the molecule is O=C(CCc1ccccc1)Nc1cnn(Cc2ccc(Br)cc2)c1. The molecule has 0 radical (unpaired) electrons. The molecule has 0 atom stereocenters. The smallest absolute Gasteiger partial charge is 0.224 e. The maximum absolute atomic E-state index is 12.0. The van der Waals surface area contributed by atoms with Crippen LogP contribution < -0.4 is 5.32 Å². The van der Waals surface area contributed by atoms with E-state index in [1.807, 2.05) is 65.5 Å². The Bertz CT molecular complexity index is 797. The molecule has 0 saturated heterocycles. The van der Waals surface area contributed by atoms with Crippen molar-refractivity contribution in [3.63, 3.8) is 0 Å². The number of aromatic nitrogens is 2. The number of benzene rings is 2. The zero-order chi connectivity index (χ0) is 16.8. The number of nitrogens with one attached hydrogen (secondary N) is 1. The highest BCUT2D eigenvalue weighted by Crippen LogP contribution is 2.13. The van der Waals surface area contributed by atoms with Gasteiger partial charge < -0.3 is 5.32 Å². The summed E-state index contributed by atoms with van der Waals surface area (Å²) in [6.45, 7) is 0.674. The van der Waals surface area contributed by atoms with Gasteiger partial charge in [-0.25, -0.2) is 0 Å². The lowest BCUT2D eigenvalue weighted by Crippen LogP contribution is -2.11. The number of halogens is 1. The molecule has 3 aromatic rings. The Morgan fingerprint density at radius 2 is 1.79 bits per heavy atom. The molecule has 0 bridgehead atoms. The largest absolute Gasteiger partial charge is 0.323 e. The minimum Gasteiger partial charge on any atom is -0.323 e. The first-order chi connectivity index (χ1) is 11.7. The number of amides is 1. The summed E-state index contributed by atoms with van der Waals surface area (Å²) in [5, 5.41) is 7.19. The van der Waals surface area contributed by atoms with Crippen LogP contribution in [0.15, 0.2) is 71.5 Å². The van der Waals surface area contributed by atoms with Gasteiger partial charge in [-0.15, -0.1) is 0 Å². The van der Waals surface area contributed by atoms with Crippen molar-refractivity contribution >= 4 is 27.5 Å². The van der Waals surface area contributed by atoms with Crippen LogP contribution in [0.1, 0.15) is 17.5 Å². The summed E-state index contributed by atoms with van der Waals surface area (Å²) in [6, 6.07) is 18.1. The summed E-state index contributed by atoms with van der Waals surface area (Å²) in [5.74, 6) is 0.00189. The molecule has 0 aliphatic heterocycles. The molecule has 2 aromatic carbocycles. The van der Waals surface area contributed by atoms with Crippen molar-refractivity contribution in [2.45, 2.75) is 19.4 Å². The molecular formula is C19H18BrN3O. The van der Waals surface area contributed by atoms with E-state index in [0.717, 1.165) is 22.1 Å². The first-order valence-electron chi connectivity index (χ1n) is 7.80. The Balaban J connectivity index is 1.51. The van der Waals surface area contributed by atoms with Crippen molar-refractivity contribution in [1.82, 2.24) is 9.78 Å². The summed E-state index contributed by atoms with van der Waals surface area (Å²) >= 11 is 3.42. The summed E-state index contributed by atoms with van der Waals surface area (Å²) in [5.41, 5.74) is 3.05. The number of rotatable bonds is 6. The van der Waals surface area contributed by atoms with E-state index < -0.39 is 0 Å². The lowest BCUT2D eigenvalue weighted by atomic mass is 10.1. The van der Waals surface area contributed by atoms with Crippen LogP contribution in [0.3, 0.4) is 0 Å². The van der Waals surface area contributed by atoms with Crippen molar-refractivity contribution in [1.29, 1.82) is 0 Å². The van der Waals surface area contributed by atoms with Crippen molar-refractivity contribution in [3.05, 3.63) is 82.6 Å². The minimum absolute atomic E-state index is 0.00189. The highest BCUT2D eigenvalue weighted by Gasteiger charge is 2.05. The van der Waals surface area contributed by atoms with Crippen LogP contribution in [-0.4, -0.2) is 15.7 Å². The van der Waals surface area contributed by atoms with Crippen LogP contribution in [0, 0.1) is 0 Å². The van der Waals surface area contributed by atoms with Crippen LogP contribution in [-0.2, 0) is 17.8 Å². The fourth-order valence-corrected chi connectivity index (χ4v) is 2.68. The molecule has 3 rings (SSSR count). The number of hydrogen-bond donors (Lipinski definition) is 1. The number of hydrogen-bond acceptors (Lipinski definition) is 2. The molecule has 0 aliphatic carbocycles. The molecule has 1 N–H and O–H groups in total. The van der Waals surface area contributed by atoms with Gasteiger partial charge in [-0.2, -0.15) is 5.10 Å². The molecule has 5 heteroatoms. The van der Waals surface area contributed by atoms with Crippen LogP contribution in [0.4, 0.5) is 5.69 Å². The molecule has 0 saturated carbocycles.